The van der Waals surface area contributed by atoms with E-state index in [1.807, 2.05) is 0 Å². The highest BCUT2D eigenvalue weighted by Crippen LogP contribution is 2.30. The lowest BCUT2D eigenvalue weighted by Crippen LogP contribution is -2.18. The molecule has 0 atom stereocenters. The van der Waals surface area contributed by atoms with E-state index >= 15 is 0 Å². The highest BCUT2D eigenvalue weighted by molar-refractivity contribution is 5.22. The van der Waals surface area contributed by atoms with E-state index in [2.05, 4.69) is 10.0 Å². The molecule has 0 aliphatic rings. The summed E-state index contributed by atoms with van der Waals surface area (Å²) in [5.41, 5.74) is 7.12. The van der Waals surface area contributed by atoms with Gasteiger partial charge in [-0.3, -0.25) is 0 Å². The molecule has 0 spiro atoms. The average Bonchev–Trinajstić information content (AvgIpc) is 2.15. The van der Waals surface area contributed by atoms with Crippen molar-refractivity contribution in [2.75, 3.05) is 6.54 Å². The van der Waals surface area contributed by atoms with Crippen molar-refractivity contribution in [3.05, 3.63) is 46.1 Å². The maximum Gasteiger partial charge on any atom is 0.281 e. The van der Waals surface area contributed by atoms with Gasteiger partial charge in [0, 0.05) is 4.91 Å². The third-order valence-electron chi connectivity index (χ3n) is 1.60. The molecule has 0 fully saturated rings. The molecular formula is C8H6F3N3. The summed E-state index contributed by atoms with van der Waals surface area (Å²) in [6, 6.07) is 4.49. The lowest BCUT2D eigenvalue weighted by Gasteiger charge is -2.14. The zero-order valence-electron chi connectivity index (χ0n) is 6.99. The van der Waals surface area contributed by atoms with Gasteiger partial charge in [0.25, 0.3) is 5.92 Å². The molecule has 1 aromatic carbocycles. The van der Waals surface area contributed by atoms with Gasteiger partial charge in [0.15, 0.2) is 0 Å². The molecule has 0 radical (unpaired) electrons. The molecule has 3 nitrogen and oxygen atoms in total. The molecule has 0 heterocycles. The summed E-state index contributed by atoms with van der Waals surface area (Å²) in [5, 5.41) is 2.72. The van der Waals surface area contributed by atoms with E-state index in [0.29, 0.717) is 0 Å². The Kier molecular flexibility index (Phi) is 2.99. The number of hydrogen-bond acceptors (Lipinski definition) is 1. The second-order valence-corrected chi connectivity index (χ2v) is 2.57. The minimum absolute atomic E-state index is 0.757. The van der Waals surface area contributed by atoms with Crippen molar-refractivity contribution in [3.63, 3.8) is 0 Å². The van der Waals surface area contributed by atoms with Crippen LogP contribution in [0.15, 0.2) is 29.4 Å². The van der Waals surface area contributed by atoms with Crippen molar-refractivity contribution in [3.8, 4) is 0 Å². The van der Waals surface area contributed by atoms with Crippen LogP contribution in [0.25, 0.3) is 10.4 Å². The summed E-state index contributed by atoms with van der Waals surface area (Å²) in [6.07, 6.45) is 0. The number of hydrogen-bond donors (Lipinski definition) is 0. The fourth-order valence-corrected chi connectivity index (χ4v) is 0.963. The van der Waals surface area contributed by atoms with E-state index in [1.165, 1.54) is 12.1 Å². The maximum absolute atomic E-state index is 13.1. The smallest absolute Gasteiger partial charge is 0.206 e. The molecular weight excluding hydrogens is 195 g/mol. The van der Waals surface area contributed by atoms with Crippen LogP contribution in [0.1, 0.15) is 5.56 Å². The molecule has 0 aliphatic heterocycles. The van der Waals surface area contributed by atoms with Crippen LogP contribution in [0.2, 0.25) is 0 Å². The van der Waals surface area contributed by atoms with Crippen molar-refractivity contribution >= 4 is 0 Å². The number of alkyl halides is 2. The highest BCUT2D eigenvalue weighted by atomic mass is 19.3. The summed E-state index contributed by atoms with van der Waals surface area (Å²) in [4.78, 5) is 2.20. The maximum atomic E-state index is 13.1. The van der Waals surface area contributed by atoms with Crippen molar-refractivity contribution in [2.24, 2.45) is 5.11 Å². The molecule has 14 heavy (non-hydrogen) atoms. The van der Waals surface area contributed by atoms with E-state index in [1.54, 1.807) is 0 Å². The summed E-state index contributed by atoms with van der Waals surface area (Å²) >= 11 is 0. The predicted molar refractivity (Wildman–Crippen MR) is 44.3 cm³/mol. The van der Waals surface area contributed by atoms with Gasteiger partial charge in [-0.2, -0.15) is 0 Å². The average molecular weight is 201 g/mol. The molecule has 6 heteroatoms. The normalized spacial score (nSPS) is 10.8. The predicted octanol–water partition coefficient (Wildman–Crippen LogP) is 3.23. The van der Waals surface area contributed by atoms with Crippen molar-refractivity contribution in [1.29, 1.82) is 0 Å². The van der Waals surface area contributed by atoms with Gasteiger partial charge in [0.1, 0.15) is 5.82 Å². The molecule has 0 aliphatic carbocycles. The lowest BCUT2D eigenvalue weighted by atomic mass is 10.1. The van der Waals surface area contributed by atoms with Crippen molar-refractivity contribution in [2.45, 2.75) is 5.92 Å². The Labute approximate surface area is 77.8 Å². The summed E-state index contributed by atoms with van der Waals surface area (Å²) in [6.45, 7) is -1.08. The zero-order valence-corrected chi connectivity index (χ0v) is 6.99. The van der Waals surface area contributed by atoms with E-state index in [0.717, 1.165) is 12.1 Å². The van der Waals surface area contributed by atoms with Crippen LogP contribution in [0.5, 0.6) is 0 Å². The number of rotatable bonds is 3. The minimum atomic E-state index is -3.46. The van der Waals surface area contributed by atoms with Crippen LogP contribution in [-0.4, -0.2) is 6.54 Å². The van der Waals surface area contributed by atoms with Gasteiger partial charge < -0.3 is 0 Å². The van der Waals surface area contributed by atoms with E-state index in [4.69, 9.17) is 5.53 Å². The molecule has 0 unspecified atom stereocenters. The second kappa shape index (κ2) is 4.02. The van der Waals surface area contributed by atoms with E-state index in [-0.39, 0.29) is 0 Å². The first kappa shape index (κ1) is 10.4. The fourth-order valence-electron chi connectivity index (χ4n) is 0.963. The van der Waals surface area contributed by atoms with Crippen LogP contribution >= 0.6 is 0 Å². The minimum Gasteiger partial charge on any atom is -0.206 e. The molecule has 0 aromatic heterocycles. The van der Waals surface area contributed by atoms with Gasteiger partial charge in [0.05, 0.1) is 12.1 Å². The highest BCUT2D eigenvalue weighted by Gasteiger charge is 2.33. The molecule has 0 amide bonds. The van der Waals surface area contributed by atoms with Crippen LogP contribution in [0, 0.1) is 5.82 Å². The second-order valence-electron chi connectivity index (χ2n) is 2.57. The largest absolute Gasteiger partial charge is 0.281 e. The van der Waals surface area contributed by atoms with Crippen LogP contribution in [0.4, 0.5) is 13.2 Å². The summed E-state index contributed by atoms with van der Waals surface area (Å²) in [5.74, 6) is -4.47. The lowest BCUT2D eigenvalue weighted by molar-refractivity contribution is 0.00255. The summed E-state index contributed by atoms with van der Waals surface area (Å²) < 4.78 is 39.1. The third-order valence-corrected chi connectivity index (χ3v) is 1.60. The molecule has 74 valence electrons. The van der Waals surface area contributed by atoms with Gasteiger partial charge in [-0.1, -0.05) is 23.3 Å². The number of azide groups is 1. The van der Waals surface area contributed by atoms with Gasteiger partial charge >= 0.3 is 0 Å². The summed E-state index contributed by atoms with van der Waals surface area (Å²) in [7, 11) is 0. The number of nitrogens with zero attached hydrogens (tertiary/aromatic N) is 3. The number of halogens is 3. The van der Waals surface area contributed by atoms with Gasteiger partial charge in [-0.15, -0.1) is 0 Å². The fraction of sp³-hybridized carbons (Fsp3) is 0.250. The monoisotopic (exact) mass is 201 g/mol. The van der Waals surface area contributed by atoms with Crippen LogP contribution in [0.3, 0.4) is 0 Å². The Hall–Kier alpha value is -1.68. The standard InChI is InChI=1S/C8H6F3N3/c9-7-4-2-1-3-6(7)8(10,11)5-13-14-12/h1-4H,5H2. The number of benzene rings is 1. The van der Waals surface area contributed by atoms with E-state index in [9.17, 15) is 13.2 Å². The first-order chi connectivity index (χ1) is 6.58. The Morgan fingerprint density at radius 1 is 1.36 bits per heavy atom. The Balaban J connectivity index is 3.02. The SMILES string of the molecule is [N-]=[N+]=NCC(F)(F)c1ccccc1F. The first-order valence-electron chi connectivity index (χ1n) is 3.71. The molecule has 0 N–H and O–H groups in total. The molecule has 0 saturated carbocycles. The van der Waals surface area contributed by atoms with Gasteiger partial charge in [-0.25, -0.2) is 13.2 Å². The zero-order chi connectivity index (χ0) is 10.6. The molecule has 0 bridgehead atoms. The van der Waals surface area contributed by atoms with Gasteiger partial charge in [0.2, 0.25) is 0 Å². The molecule has 1 rings (SSSR count). The van der Waals surface area contributed by atoms with Crippen LogP contribution in [-0.2, 0) is 5.92 Å². The van der Waals surface area contributed by atoms with E-state index < -0.39 is 23.8 Å². The molecule has 0 saturated heterocycles. The van der Waals surface area contributed by atoms with Crippen molar-refractivity contribution in [1.82, 2.24) is 0 Å². The van der Waals surface area contributed by atoms with Gasteiger partial charge in [-0.05, 0) is 11.6 Å². The Morgan fingerprint density at radius 2 is 2.00 bits per heavy atom. The third kappa shape index (κ3) is 2.17. The van der Waals surface area contributed by atoms with Crippen molar-refractivity contribution < 1.29 is 13.2 Å². The quantitative estimate of drug-likeness (QED) is 0.409. The molecule has 1 aromatic rings. The van der Waals surface area contributed by atoms with Crippen LogP contribution < -0.4 is 0 Å². The first-order valence-corrected chi connectivity index (χ1v) is 3.71. The topological polar surface area (TPSA) is 48.8 Å². The Bertz CT molecular complexity index is 372. The Morgan fingerprint density at radius 3 is 2.57 bits per heavy atom.